The Morgan fingerprint density at radius 3 is 2.80 bits per heavy atom. The average molecular weight is 333 g/mol. The molecule has 2 aromatic carbocycles. The number of aromatic amines is 1. The third-order valence-electron chi connectivity index (χ3n) is 4.97. The number of anilines is 1. The van der Waals surface area contributed by atoms with Crippen LogP contribution in [0.15, 0.2) is 65.7 Å². The van der Waals surface area contributed by atoms with Crippen molar-refractivity contribution in [1.29, 1.82) is 0 Å². The molecule has 2 unspecified atom stereocenters. The van der Waals surface area contributed by atoms with Crippen molar-refractivity contribution in [3.63, 3.8) is 0 Å². The Kier molecular flexibility index (Phi) is 3.76. The Balaban J connectivity index is 1.55. The van der Waals surface area contributed by atoms with Crippen LogP contribution in [0.4, 0.5) is 5.69 Å². The Morgan fingerprint density at radius 1 is 1.20 bits per heavy atom. The van der Waals surface area contributed by atoms with Crippen LogP contribution in [0.3, 0.4) is 0 Å². The van der Waals surface area contributed by atoms with Gasteiger partial charge in [0.2, 0.25) is 5.91 Å². The number of aromatic nitrogens is 2. The van der Waals surface area contributed by atoms with E-state index in [1.165, 1.54) is 15.7 Å². The minimum atomic E-state index is -0.205. The zero-order chi connectivity index (χ0) is 17.4. The average Bonchev–Trinajstić information content (AvgIpc) is 3.19. The minimum Gasteiger partial charge on any atom is -0.326 e. The summed E-state index contributed by atoms with van der Waals surface area (Å²) in [5.74, 6) is 0.143. The van der Waals surface area contributed by atoms with Gasteiger partial charge in [0.25, 0.3) is 0 Å². The molecule has 0 fully saturated rings. The molecule has 4 rings (SSSR count). The van der Waals surface area contributed by atoms with Gasteiger partial charge in [-0.15, -0.1) is 0 Å². The fourth-order valence-corrected chi connectivity index (χ4v) is 3.61. The van der Waals surface area contributed by atoms with E-state index in [1.807, 2.05) is 30.3 Å². The molecule has 0 spiro atoms. The SMILES string of the molecule is CC1c2ccccc2CC1C(=O)Nc1cccc(-n2cc[nH]c2=O)c1. The van der Waals surface area contributed by atoms with Crippen LogP contribution in [0.2, 0.25) is 0 Å². The second-order valence-corrected chi connectivity index (χ2v) is 6.47. The monoisotopic (exact) mass is 333 g/mol. The lowest BCUT2D eigenvalue weighted by Gasteiger charge is -2.16. The van der Waals surface area contributed by atoms with Gasteiger partial charge in [-0.25, -0.2) is 4.79 Å². The number of amides is 1. The topological polar surface area (TPSA) is 66.9 Å². The van der Waals surface area contributed by atoms with Crippen molar-refractivity contribution < 1.29 is 4.79 Å². The Labute approximate surface area is 145 Å². The van der Waals surface area contributed by atoms with Crippen LogP contribution in [0, 0.1) is 5.92 Å². The number of imidazole rings is 1. The summed E-state index contributed by atoms with van der Waals surface area (Å²) >= 11 is 0. The zero-order valence-electron chi connectivity index (χ0n) is 13.9. The maximum absolute atomic E-state index is 12.8. The lowest BCUT2D eigenvalue weighted by atomic mass is 9.94. The van der Waals surface area contributed by atoms with E-state index < -0.39 is 0 Å². The molecule has 1 amide bonds. The second-order valence-electron chi connectivity index (χ2n) is 6.47. The fraction of sp³-hybridized carbons (Fsp3) is 0.200. The number of fused-ring (bicyclic) bond motifs is 1. The highest BCUT2D eigenvalue weighted by atomic mass is 16.2. The summed E-state index contributed by atoms with van der Waals surface area (Å²) < 4.78 is 1.50. The molecule has 1 aromatic heterocycles. The summed E-state index contributed by atoms with van der Waals surface area (Å²) in [4.78, 5) is 27.1. The number of nitrogens with zero attached hydrogens (tertiary/aromatic N) is 1. The number of carbonyl (C=O) groups is 1. The van der Waals surface area contributed by atoms with Gasteiger partial charge in [0.15, 0.2) is 0 Å². The molecule has 2 N–H and O–H groups in total. The molecule has 25 heavy (non-hydrogen) atoms. The number of hydrogen-bond donors (Lipinski definition) is 2. The fourth-order valence-electron chi connectivity index (χ4n) is 3.61. The number of H-pyrrole nitrogens is 1. The molecule has 2 atom stereocenters. The molecule has 126 valence electrons. The van der Waals surface area contributed by atoms with Crippen molar-refractivity contribution in [2.24, 2.45) is 5.92 Å². The second kappa shape index (κ2) is 6.09. The Bertz CT molecular complexity index is 986. The molecule has 0 saturated heterocycles. The van der Waals surface area contributed by atoms with Crippen molar-refractivity contribution >= 4 is 11.6 Å². The normalized spacial score (nSPS) is 18.8. The van der Waals surface area contributed by atoms with Crippen LogP contribution in [-0.4, -0.2) is 15.5 Å². The van der Waals surface area contributed by atoms with Crippen LogP contribution in [0.1, 0.15) is 24.0 Å². The van der Waals surface area contributed by atoms with Gasteiger partial charge in [-0.2, -0.15) is 0 Å². The molecule has 5 nitrogen and oxygen atoms in total. The lowest BCUT2D eigenvalue weighted by molar-refractivity contribution is -0.120. The predicted molar refractivity (Wildman–Crippen MR) is 97.1 cm³/mol. The molecule has 1 heterocycles. The van der Waals surface area contributed by atoms with Crippen molar-refractivity contribution in [3.05, 3.63) is 82.5 Å². The minimum absolute atomic E-state index is 0.0160. The third-order valence-corrected chi connectivity index (χ3v) is 4.97. The van der Waals surface area contributed by atoms with Gasteiger partial charge >= 0.3 is 5.69 Å². The first-order valence-electron chi connectivity index (χ1n) is 8.38. The molecule has 3 aromatic rings. The highest BCUT2D eigenvalue weighted by molar-refractivity contribution is 5.94. The van der Waals surface area contributed by atoms with Crippen LogP contribution in [0.25, 0.3) is 5.69 Å². The molecule has 0 radical (unpaired) electrons. The lowest BCUT2D eigenvalue weighted by Crippen LogP contribution is -2.25. The van der Waals surface area contributed by atoms with Gasteiger partial charge in [0.05, 0.1) is 5.69 Å². The van der Waals surface area contributed by atoms with Gasteiger partial charge in [-0.3, -0.25) is 9.36 Å². The van der Waals surface area contributed by atoms with E-state index in [1.54, 1.807) is 18.5 Å². The predicted octanol–water partition coefficient (Wildman–Crippen LogP) is 3.08. The highest BCUT2D eigenvalue weighted by Gasteiger charge is 2.33. The van der Waals surface area contributed by atoms with Crippen molar-refractivity contribution in [1.82, 2.24) is 9.55 Å². The van der Waals surface area contributed by atoms with Gasteiger partial charge in [0, 0.05) is 24.0 Å². The number of carbonyl (C=O) groups excluding carboxylic acids is 1. The van der Waals surface area contributed by atoms with E-state index in [-0.39, 0.29) is 23.4 Å². The molecule has 0 bridgehead atoms. The first-order valence-corrected chi connectivity index (χ1v) is 8.38. The zero-order valence-corrected chi connectivity index (χ0v) is 13.9. The molecule has 5 heteroatoms. The summed E-state index contributed by atoms with van der Waals surface area (Å²) in [6.07, 6.45) is 4.02. The van der Waals surface area contributed by atoms with Crippen molar-refractivity contribution in [2.75, 3.05) is 5.32 Å². The maximum atomic E-state index is 12.8. The van der Waals surface area contributed by atoms with Gasteiger partial charge < -0.3 is 10.3 Å². The first kappa shape index (κ1) is 15.4. The van der Waals surface area contributed by atoms with Gasteiger partial charge in [-0.1, -0.05) is 37.3 Å². The van der Waals surface area contributed by atoms with Gasteiger partial charge in [-0.05, 0) is 41.7 Å². The number of hydrogen-bond acceptors (Lipinski definition) is 2. The quantitative estimate of drug-likeness (QED) is 0.773. The molecule has 1 aliphatic carbocycles. The summed E-state index contributed by atoms with van der Waals surface area (Å²) in [7, 11) is 0. The molecule has 0 aliphatic heterocycles. The largest absolute Gasteiger partial charge is 0.330 e. The van der Waals surface area contributed by atoms with Crippen LogP contribution >= 0.6 is 0 Å². The van der Waals surface area contributed by atoms with E-state index >= 15 is 0 Å². The summed E-state index contributed by atoms with van der Waals surface area (Å²) in [5, 5.41) is 3.01. The molecular weight excluding hydrogens is 314 g/mol. The first-order chi connectivity index (χ1) is 12.1. The summed E-state index contributed by atoms with van der Waals surface area (Å²) in [6, 6.07) is 15.5. The van der Waals surface area contributed by atoms with Crippen LogP contribution in [-0.2, 0) is 11.2 Å². The smallest absolute Gasteiger partial charge is 0.326 e. The highest BCUT2D eigenvalue weighted by Crippen LogP contribution is 2.38. The van der Waals surface area contributed by atoms with E-state index in [0.717, 1.165) is 6.42 Å². The Morgan fingerprint density at radius 2 is 2.04 bits per heavy atom. The third kappa shape index (κ3) is 2.78. The van der Waals surface area contributed by atoms with Crippen LogP contribution < -0.4 is 11.0 Å². The Hall–Kier alpha value is -3.08. The van der Waals surface area contributed by atoms with Crippen molar-refractivity contribution in [3.8, 4) is 5.69 Å². The molecular formula is C20H19N3O2. The van der Waals surface area contributed by atoms with Crippen molar-refractivity contribution in [2.45, 2.75) is 19.3 Å². The number of benzene rings is 2. The van der Waals surface area contributed by atoms with E-state index in [4.69, 9.17) is 0 Å². The summed E-state index contributed by atoms with van der Waals surface area (Å²) in [5.41, 5.74) is 3.71. The van der Waals surface area contributed by atoms with Crippen LogP contribution in [0.5, 0.6) is 0 Å². The number of nitrogens with one attached hydrogen (secondary N) is 2. The summed E-state index contributed by atoms with van der Waals surface area (Å²) in [6.45, 7) is 2.10. The molecule has 1 aliphatic rings. The van der Waals surface area contributed by atoms with E-state index in [0.29, 0.717) is 11.4 Å². The number of rotatable bonds is 3. The van der Waals surface area contributed by atoms with E-state index in [2.05, 4.69) is 29.4 Å². The van der Waals surface area contributed by atoms with Gasteiger partial charge in [0.1, 0.15) is 0 Å². The molecule has 0 saturated carbocycles. The maximum Gasteiger partial charge on any atom is 0.330 e. The standard InChI is InChI=1S/C20H19N3O2/c1-13-17-8-3-2-5-14(17)11-18(13)19(24)22-15-6-4-7-16(12-15)23-10-9-21-20(23)25/h2-10,12-13,18H,11H2,1H3,(H,21,25)(H,22,24). The van der Waals surface area contributed by atoms with E-state index in [9.17, 15) is 9.59 Å².